The molecule has 0 saturated carbocycles. The Hall–Kier alpha value is -3.15. The number of hydrogen-bond acceptors (Lipinski definition) is 6. The molecule has 1 heterocycles. The highest BCUT2D eigenvalue weighted by Crippen LogP contribution is 2.41. The minimum absolute atomic E-state index is 0.0541. The van der Waals surface area contributed by atoms with E-state index in [2.05, 4.69) is 4.98 Å². The zero-order valence-corrected chi connectivity index (χ0v) is 15.5. The van der Waals surface area contributed by atoms with E-state index in [1.807, 2.05) is 50.2 Å². The number of methoxy groups -OCH3 is 2. The van der Waals surface area contributed by atoms with Crippen LogP contribution in [0.5, 0.6) is 17.2 Å². The third-order valence-electron chi connectivity index (χ3n) is 4.17. The Morgan fingerprint density at radius 2 is 1.54 bits per heavy atom. The fourth-order valence-corrected chi connectivity index (χ4v) is 2.72. The minimum Gasteiger partial charge on any atom is -0.502 e. The SMILES string of the molecule is COc1cc(-c2nc(C)c(-c3ccc(N(C)C)cc3)o2)cc(OC)c1O. The maximum Gasteiger partial charge on any atom is 0.227 e. The summed E-state index contributed by atoms with van der Waals surface area (Å²) in [6, 6.07) is 11.4. The van der Waals surface area contributed by atoms with Gasteiger partial charge < -0.3 is 23.9 Å². The van der Waals surface area contributed by atoms with Crippen LogP contribution >= 0.6 is 0 Å². The summed E-state index contributed by atoms with van der Waals surface area (Å²) in [6.07, 6.45) is 0. The Kier molecular flexibility index (Phi) is 4.75. The first-order valence-electron chi connectivity index (χ1n) is 8.15. The number of phenolic OH excluding ortho intramolecular Hbond substituents is 1. The van der Waals surface area contributed by atoms with Crippen molar-refractivity contribution in [1.82, 2.24) is 4.98 Å². The monoisotopic (exact) mass is 354 g/mol. The van der Waals surface area contributed by atoms with Crippen molar-refractivity contribution >= 4 is 5.69 Å². The number of ether oxygens (including phenoxy) is 2. The van der Waals surface area contributed by atoms with Gasteiger partial charge in [0.2, 0.25) is 11.6 Å². The van der Waals surface area contributed by atoms with Crippen LogP contribution in [0.15, 0.2) is 40.8 Å². The zero-order chi connectivity index (χ0) is 18.8. The second-order valence-electron chi connectivity index (χ2n) is 6.10. The number of aromatic nitrogens is 1. The fraction of sp³-hybridized carbons (Fsp3) is 0.250. The predicted octanol–water partition coefficient (Wildman–Crippen LogP) is 4.11. The van der Waals surface area contributed by atoms with Crippen molar-refractivity contribution in [2.75, 3.05) is 33.2 Å². The van der Waals surface area contributed by atoms with Crippen LogP contribution < -0.4 is 14.4 Å². The van der Waals surface area contributed by atoms with Crippen LogP contribution in [0, 0.1) is 6.92 Å². The lowest BCUT2D eigenvalue weighted by Crippen LogP contribution is -2.07. The fourth-order valence-electron chi connectivity index (χ4n) is 2.72. The van der Waals surface area contributed by atoms with E-state index in [1.165, 1.54) is 14.2 Å². The van der Waals surface area contributed by atoms with E-state index in [0.717, 1.165) is 16.9 Å². The van der Waals surface area contributed by atoms with Crippen LogP contribution in [-0.2, 0) is 0 Å². The Bertz CT molecular complexity index is 889. The molecule has 0 unspecified atom stereocenters. The average molecular weight is 354 g/mol. The van der Waals surface area contributed by atoms with Crippen LogP contribution in [0.3, 0.4) is 0 Å². The van der Waals surface area contributed by atoms with Gasteiger partial charge in [0.15, 0.2) is 17.3 Å². The lowest BCUT2D eigenvalue weighted by Gasteiger charge is -2.12. The lowest BCUT2D eigenvalue weighted by molar-refractivity contribution is 0.340. The van der Waals surface area contributed by atoms with Gasteiger partial charge in [0.1, 0.15) is 0 Å². The molecule has 0 atom stereocenters. The van der Waals surface area contributed by atoms with Crippen molar-refractivity contribution in [2.24, 2.45) is 0 Å². The summed E-state index contributed by atoms with van der Waals surface area (Å²) in [5.41, 5.74) is 3.50. The number of anilines is 1. The van der Waals surface area contributed by atoms with Gasteiger partial charge in [-0.1, -0.05) is 0 Å². The molecular formula is C20H22N2O4. The smallest absolute Gasteiger partial charge is 0.227 e. The molecule has 0 aliphatic carbocycles. The number of oxazole rings is 1. The lowest BCUT2D eigenvalue weighted by atomic mass is 10.1. The molecule has 0 bridgehead atoms. The van der Waals surface area contributed by atoms with Gasteiger partial charge in [0.05, 0.1) is 19.9 Å². The van der Waals surface area contributed by atoms with Gasteiger partial charge in [0.25, 0.3) is 0 Å². The molecule has 0 aliphatic heterocycles. The summed E-state index contributed by atoms with van der Waals surface area (Å²) in [6.45, 7) is 1.90. The van der Waals surface area contributed by atoms with Gasteiger partial charge in [-0.05, 0) is 43.3 Å². The van der Waals surface area contributed by atoms with Crippen LogP contribution in [0.2, 0.25) is 0 Å². The van der Waals surface area contributed by atoms with Crippen molar-refractivity contribution in [3.8, 4) is 40.0 Å². The van der Waals surface area contributed by atoms with E-state index < -0.39 is 0 Å². The number of rotatable bonds is 5. The highest BCUT2D eigenvalue weighted by atomic mass is 16.5. The van der Waals surface area contributed by atoms with E-state index in [-0.39, 0.29) is 5.75 Å². The summed E-state index contributed by atoms with van der Waals surface area (Å²) in [7, 11) is 6.96. The molecule has 26 heavy (non-hydrogen) atoms. The Balaban J connectivity index is 2.03. The molecular weight excluding hydrogens is 332 g/mol. The van der Waals surface area contributed by atoms with E-state index in [4.69, 9.17) is 13.9 Å². The van der Waals surface area contributed by atoms with Gasteiger partial charge in [-0.15, -0.1) is 0 Å². The molecule has 0 fully saturated rings. The molecule has 3 rings (SSSR count). The minimum atomic E-state index is -0.0541. The highest BCUT2D eigenvalue weighted by molar-refractivity contribution is 5.69. The second-order valence-corrected chi connectivity index (χ2v) is 6.10. The van der Waals surface area contributed by atoms with E-state index in [1.54, 1.807) is 12.1 Å². The quantitative estimate of drug-likeness (QED) is 0.744. The molecule has 3 aromatic rings. The molecule has 0 saturated heterocycles. The molecule has 0 amide bonds. The first-order chi connectivity index (χ1) is 12.4. The normalized spacial score (nSPS) is 10.7. The maximum absolute atomic E-state index is 10.1. The number of nitrogens with zero attached hydrogens (tertiary/aromatic N) is 2. The Morgan fingerprint density at radius 3 is 2.04 bits per heavy atom. The van der Waals surface area contributed by atoms with Crippen molar-refractivity contribution in [3.63, 3.8) is 0 Å². The summed E-state index contributed by atoms with van der Waals surface area (Å²) in [5, 5.41) is 10.1. The zero-order valence-electron chi connectivity index (χ0n) is 15.5. The third kappa shape index (κ3) is 3.18. The van der Waals surface area contributed by atoms with Crippen LogP contribution in [-0.4, -0.2) is 38.4 Å². The molecule has 0 radical (unpaired) electrons. The third-order valence-corrected chi connectivity index (χ3v) is 4.17. The Labute approximate surface area is 152 Å². The first kappa shape index (κ1) is 17.7. The predicted molar refractivity (Wildman–Crippen MR) is 101 cm³/mol. The first-order valence-corrected chi connectivity index (χ1v) is 8.15. The van der Waals surface area contributed by atoms with Crippen LogP contribution in [0.25, 0.3) is 22.8 Å². The second kappa shape index (κ2) is 7.00. The Morgan fingerprint density at radius 1 is 0.962 bits per heavy atom. The molecule has 1 N–H and O–H groups in total. The van der Waals surface area contributed by atoms with Crippen LogP contribution in [0.1, 0.15) is 5.69 Å². The van der Waals surface area contributed by atoms with Crippen molar-refractivity contribution in [2.45, 2.75) is 6.92 Å². The van der Waals surface area contributed by atoms with Crippen molar-refractivity contribution in [1.29, 1.82) is 0 Å². The number of phenols is 1. The van der Waals surface area contributed by atoms with Gasteiger partial charge in [-0.2, -0.15) is 0 Å². The van der Waals surface area contributed by atoms with Gasteiger partial charge in [0, 0.05) is 30.9 Å². The number of aromatic hydroxyl groups is 1. The molecule has 0 aliphatic rings. The van der Waals surface area contributed by atoms with Gasteiger partial charge in [-0.25, -0.2) is 4.98 Å². The number of hydrogen-bond donors (Lipinski definition) is 1. The van der Waals surface area contributed by atoms with Gasteiger partial charge in [-0.3, -0.25) is 0 Å². The number of benzene rings is 2. The molecule has 6 nitrogen and oxygen atoms in total. The maximum atomic E-state index is 10.1. The standard InChI is InChI=1S/C20H22N2O4/c1-12-19(13-6-8-15(9-7-13)22(2)3)26-20(21-12)14-10-16(24-4)18(23)17(11-14)25-5/h6-11,23H,1-5H3. The molecule has 6 heteroatoms. The van der Waals surface area contributed by atoms with Gasteiger partial charge >= 0.3 is 0 Å². The largest absolute Gasteiger partial charge is 0.502 e. The summed E-state index contributed by atoms with van der Waals surface area (Å²) < 4.78 is 16.4. The van der Waals surface area contributed by atoms with Crippen molar-refractivity contribution < 1.29 is 19.0 Å². The summed E-state index contributed by atoms with van der Waals surface area (Å²) >= 11 is 0. The highest BCUT2D eigenvalue weighted by Gasteiger charge is 2.18. The summed E-state index contributed by atoms with van der Waals surface area (Å²) in [5.74, 6) is 1.68. The van der Waals surface area contributed by atoms with Crippen LogP contribution in [0.4, 0.5) is 5.69 Å². The summed E-state index contributed by atoms with van der Waals surface area (Å²) in [4.78, 5) is 6.56. The van der Waals surface area contributed by atoms with Crippen molar-refractivity contribution in [3.05, 3.63) is 42.1 Å². The average Bonchev–Trinajstić information content (AvgIpc) is 3.03. The van der Waals surface area contributed by atoms with E-state index in [9.17, 15) is 5.11 Å². The number of aryl methyl sites for hydroxylation is 1. The molecule has 136 valence electrons. The van der Waals surface area contributed by atoms with E-state index in [0.29, 0.717) is 28.7 Å². The molecule has 0 spiro atoms. The van der Waals surface area contributed by atoms with E-state index >= 15 is 0 Å². The molecule has 1 aromatic heterocycles. The topological polar surface area (TPSA) is 68.0 Å². The molecule has 2 aromatic carbocycles.